The number of aromatic nitrogens is 2. The lowest BCUT2D eigenvalue weighted by Gasteiger charge is -2.20. The molecule has 1 saturated heterocycles. The first-order valence-corrected chi connectivity index (χ1v) is 14.0. The Hall–Kier alpha value is -0.880. The number of aliphatic hydroxyl groups is 2. The third-order valence-electron chi connectivity index (χ3n) is 3.49. The molecule has 20 nitrogen and oxygen atoms in total. The number of phosphoric acid groups is 4. The number of aromatic amines is 1. The Kier molecular flexibility index (Phi) is 8.60. The minimum atomic E-state index is -6.03. The molecule has 1 fully saturated rings. The molecule has 7 unspecified atom stereocenters. The summed E-state index contributed by atoms with van der Waals surface area (Å²) in [6.07, 6.45) is -6.03. The summed E-state index contributed by atoms with van der Waals surface area (Å²) in [5, 5.41) is 20.0. The first-order chi connectivity index (χ1) is 14.8. The molecule has 0 aliphatic carbocycles. The van der Waals surface area contributed by atoms with Crippen LogP contribution >= 0.6 is 31.3 Å². The summed E-state index contributed by atoms with van der Waals surface area (Å²) < 4.78 is 65.6. The Bertz CT molecular complexity index is 1170. The minimum Gasteiger partial charge on any atom is -0.387 e. The van der Waals surface area contributed by atoms with E-state index in [1.54, 1.807) is 0 Å². The van der Waals surface area contributed by atoms with Crippen LogP contribution in [0.15, 0.2) is 21.9 Å². The zero-order valence-electron chi connectivity index (χ0n) is 15.5. The van der Waals surface area contributed by atoms with Crippen LogP contribution in [0.3, 0.4) is 0 Å². The zero-order valence-corrected chi connectivity index (χ0v) is 19.1. The summed E-state index contributed by atoms with van der Waals surface area (Å²) in [6.45, 7) is -1.14. The molecule has 0 aromatic carbocycles. The number of phosphoric ester groups is 1. The highest BCUT2D eigenvalue weighted by molar-refractivity contribution is 7.69. The van der Waals surface area contributed by atoms with Gasteiger partial charge in [-0.3, -0.25) is 18.9 Å². The molecule has 190 valence electrons. The zero-order chi connectivity index (χ0) is 25.4. The number of nitrogens with zero attached hydrogens (tertiary/aromatic N) is 1. The number of ether oxygens (including phenoxy) is 1. The summed E-state index contributed by atoms with van der Waals surface area (Å²) in [4.78, 5) is 69.3. The van der Waals surface area contributed by atoms with Gasteiger partial charge in [-0.15, -0.1) is 0 Å². The van der Waals surface area contributed by atoms with Crippen LogP contribution in [0.2, 0.25) is 0 Å². The van der Waals surface area contributed by atoms with Crippen LogP contribution in [0.1, 0.15) is 6.23 Å². The van der Waals surface area contributed by atoms with E-state index in [0.717, 1.165) is 12.3 Å². The summed E-state index contributed by atoms with van der Waals surface area (Å²) in [6, 6.07) is 0.887. The average molecular weight is 564 g/mol. The van der Waals surface area contributed by atoms with Crippen molar-refractivity contribution >= 4 is 31.3 Å². The van der Waals surface area contributed by atoms with E-state index in [4.69, 9.17) is 19.4 Å². The first-order valence-electron chi connectivity index (χ1n) is 7.96. The Morgan fingerprint density at radius 1 is 0.909 bits per heavy atom. The van der Waals surface area contributed by atoms with Gasteiger partial charge in [0.1, 0.15) is 18.3 Å². The van der Waals surface area contributed by atoms with Crippen LogP contribution < -0.4 is 11.2 Å². The van der Waals surface area contributed by atoms with Crippen LogP contribution in [0.25, 0.3) is 0 Å². The molecule has 0 saturated carbocycles. The van der Waals surface area contributed by atoms with Gasteiger partial charge < -0.3 is 39.4 Å². The van der Waals surface area contributed by atoms with Crippen molar-refractivity contribution in [3.63, 3.8) is 0 Å². The van der Waals surface area contributed by atoms with Crippen molar-refractivity contribution in [2.75, 3.05) is 6.61 Å². The van der Waals surface area contributed by atoms with E-state index >= 15 is 0 Å². The molecule has 7 atom stereocenters. The third-order valence-corrected chi connectivity index (χ3v) is 8.94. The standard InChI is InChI=1S/C9H16N2O18P4/c12-5-1-2-11(9(15)10-5)8-7(14)6(13)4(26-8)3-25-31(19,20)28-33(23,24)29-32(21,22)27-30(16,17)18/h1-2,4,6-8,13-14H,3H2,(H,19,20)(H,21,22)(H,23,24)(H,10,12,15)(H2,16,17,18). The smallest absolute Gasteiger partial charge is 0.387 e. The van der Waals surface area contributed by atoms with Crippen LogP contribution in [-0.4, -0.2) is 69.1 Å². The molecule has 0 bridgehead atoms. The summed E-state index contributed by atoms with van der Waals surface area (Å²) in [7, 11) is -23.4. The van der Waals surface area contributed by atoms with E-state index in [0.29, 0.717) is 4.57 Å². The third kappa shape index (κ3) is 8.38. The Balaban J connectivity index is 2.04. The fourth-order valence-electron chi connectivity index (χ4n) is 2.34. The molecular formula is C9H16N2O18P4. The van der Waals surface area contributed by atoms with Gasteiger partial charge in [0.2, 0.25) is 0 Å². The first kappa shape index (κ1) is 28.4. The van der Waals surface area contributed by atoms with Crippen LogP contribution in [0.4, 0.5) is 0 Å². The molecule has 0 spiro atoms. The normalized spacial score (nSPS) is 29.2. The molecule has 1 aliphatic heterocycles. The van der Waals surface area contributed by atoms with Crippen molar-refractivity contribution in [2.24, 2.45) is 0 Å². The van der Waals surface area contributed by atoms with Gasteiger partial charge >= 0.3 is 37.0 Å². The highest BCUT2D eigenvalue weighted by Crippen LogP contribution is 2.70. The van der Waals surface area contributed by atoms with E-state index in [9.17, 15) is 47.8 Å². The lowest BCUT2D eigenvalue weighted by Crippen LogP contribution is -2.37. The van der Waals surface area contributed by atoms with Gasteiger partial charge in [-0.05, 0) is 0 Å². The van der Waals surface area contributed by atoms with Gasteiger partial charge in [-0.2, -0.15) is 12.9 Å². The van der Waals surface area contributed by atoms with Crippen molar-refractivity contribution < 1.29 is 75.1 Å². The van der Waals surface area contributed by atoms with Gasteiger partial charge in [-0.1, -0.05) is 0 Å². The van der Waals surface area contributed by atoms with Crippen LogP contribution in [0.5, 0.6) is 0 Å². The number of hydrogen-bond acceptors (Lipinski definition) is 13. The topological polar surface area (TPSA) is 311 Å². The van der Waals surface area contributed by atoms with Crippen molar-refractivity contribution in [1.29, 1.82) is 0 Å². The number of aliphatic hydroxyl groups excluding tert-OH is 2. The predicted octanol–water partition coefficient (Wildman–Crippen LogP) is -2.38. The summed E-state index contributed by atoms with van der Waals surface area (Å²) >= 11 is 0. The fourth-order valence-corrected chi connectivity index (χ4v) is 6.80. The maximum atomic E-state index is 11.8. The van der Waals surface area contributed by atoms with Crippen molar-refractivity contribution in [3.8, 4) is 0 Å². The molecule has 2 rings (SSSR count). The van der Waals surface area contributed by atoms with Crippen molar-refractivity contribution in [2.45, 2.75) is 24.5 Å². The monoisotopic (exact) mass is 564 g/mol. The van der Waals surface area contributed by atoms with E-state index in [1.807, 2.05) is 4.98 Å². The molecule has 0 amide bonds. The molecule has 1 aromatic rings. The highest BCUT2D eigenvalue weighted by atomic mass is 31.3. The molecule has 2 heterocycles. The molecular weight excluding hydrogens is 548 g/mol. The second-order valence-electron chi connectivity index (χ2n) is 6.00. The summed E-state index contributed by atoms with van der Waals surface area (Å²) in [5.74, 6) is 0. The van der Waals surface area contributed by atoms with Crippen LogP contribution in [-0.2, 0) is 40.5 Å². The lowest BCUT2D eigenvalue weighted by atomic mass is 10.1. The SMILES string of the molecule is O=c1ccn(C2OC(COP(=O)(O)OP(=O)(O)OP(=O)(O)OP(=O)(O)O)C(O)C2O)c(=O)[nH]1. The highest BCUT2D eigenvalue weighted by Gasteiger charge is 2.48. The van der Waals surface area contributed by atoms with Gasteiger partial charge in [0.25, 0.3) is 5.56 Å². The largest absolute Gasteiger partial charge is 0.490 e. The number of nitrogens with one attached hydrogen (secondary N) is 1. The maximum Gasteiger partial charge on any atom is 0.490 e. The predicted molar refractivity (Wildman–Crippen MR) is 98.0 cm³/mol. The molecule has 1 aromatic heterocycles. The molecule has 24 heteroatoms. The van der Waals surface area contributed by atoms with Crippen molar-refractivity contribution in [3.05, 3.63) is 33.1 Å². The number of hydrogen-bond donors (Lipinski definition) is 8. The average Bonchev–Trinajstić information content (AvgIpc) is 2.84. The molecule has 33 heavy (non-hydrogen) atoms. The van der Waals surface area contributed by atoms with E-state index in [1.165, 1.54) is 0 Å². The second kappa shape index (κ2) is 10.0. The van der Waals surface area contributed by atoms with Gasteiger partial charge in [-0.25, -0.2) is 23.1 Å². The van der Waals surface area contributed by atoms with Crippen LogP contribution in [0, 0.1) is 0 Å². The van der Waals surface area contributed by atoms with Gasteiger partial charge in [0.05, 0.1) is 6.61 Å². The van der Waals surface area contributed by atoms with Gasteiger partial charge in [0, 0.05) is 12.3 Å². The Labute approximate surface area is 181 Å². The van der Waals surface area contributed by atoms with E-state index < -0.39 is 73.7 Å². The maximum absolute atomic E-state index is 11.8. The molecule has 1 aliphatic rings. The molecule has 8 N–H and O–H groups in total. The van der Waals surface area contributed by atoms with E-state index in [2.05, 4.69) is 17.5 Å². The number of rotatable bonds is 10. The minimum absolute atomic E-state index is 0.667. The Morgan fingerprint density at radius 3 is 2.00 bits per heavy atom. The van der Waals surface area contributed by atoms with Crippen molar-refractivity contribution in [1.82, 2.24) is 9.55 Å². The molecule has 0 radical (unpaired) electrons. The van der Waals surface area contributed by atoms with Gasteiger partial charge in [0.15, 0.2) is 6.23 Å². The Morgan fingerprint density at radius 2 is 1.45 bits per heavy atom. The summed E-state index contributed by atoms with van der Waals surface area (Å²) in [5.41, 5.74) is -1.82. The second-order valence-corrected chi connectivity index (χ2v) is 12.0. The quantitative estimate of drug-likeness (QED) is 0.137. The fraction of sp³-hybridized carbons (Fsp3) is 0.556. The van der Waals surface area contributed by atoms with E-state index in [-0.39, 0.29) is 0 Å². The lowest BCUT2D eigenvalue weighted by molar-refractivity contribution is -0.0542. The number of H-pyrrole nitrogens is 1.